The van der Waals surface area contributed by atoms with Gasteiger partial charge in [-0.25, -0.2) is 0 Å². The molecule has 0 radical (unpaired) electrons. The lowest BCUT2D eigenvalue weighted by Crippen LogP contribution is -2.43. The van der Waals surface area contributed by atoms with Gasteiger partial charge in [0.2, 0.25) is 0 Å². The molecule has 1 saturated carbocycles. The van der Waals surface area contributed by atoms with Crippen molar-refractivity contribution in [2.45, 2.75) is 50.6 Å². The molecule has 1 saturated heterocycles. The van der Waals surface area contributed by atoms with Crippen molar-refractivity contribution < 1.29 is 9.90 Å². The molecule has 1 aromatic heterocycles. The lowest BCUT2D eigenvalue weighted by molar-refractivity contribution is -0.144. The van der Waals surface area contributed by atoms with Crippen molar-refractivity contribution in [3.8, 4) is 0 Å². The van der Waals surface area contributed by atoms with Crippen LogP contribution in [0.3, 0.4) is 0 Å². The summed E-state index contributed by atoms with van der Waals surface area (Å²) in [7, 11) is 0. The first-order valence-electron chi connectivity index (χ1n) is 7.29. The zero-order valence-electron chi connectivity index (χ0n) is 11.1. The van der Waals surface area contributed by atoms with Crippen LogP contribution in [-0.4, -0.2) is 28.6 Å². The summed E-state index contributed by atoms with van der Waals surface area (Å²) in [6.45, 7) is 0.941. The number of carboxylic acid groups (broad SMARTS) is 1. The number of carboxylic acids is 1. The Bertz CT molecular complexity index is 427. The van der Waals surface area contributed by atoms with E-state index in [1.807, 2.05) is 0 Å². The van der Waals surface area contributed by atoms with Crippen molar-refractivity contribution in [2.75, 3.05) is 6.54 Å². The van der Waals surface area contributed by atoms with Gasteiger partial charge < -0.3 is 5.11 Å². The van der Waals surface area contributed by atoms with Crippen LogP contribution in [0.25, 0.3) is 0 Å². The van der Waals surface area contributed by atoms with E-state index in [0.29, 0.717) is 12.0 Å². The molecule has 19 heavy (non-hydrogen) atoms. The van der Waals surface area contributed by atoms with Gasteiger partial charge in [-0.15, -0.1) is 11.3 Å². The number of carbonyl (C=O) groups is 1. The first-order chi connectivity index (χ1) is 9.27. The van der Waals surface area contributed by atoms with Crippen molar-refractivity contribution in [1.29, 1.82) is 0 Å². The summed E-state index contributed by atoms with van der Waals surface area (Å²) < 4.78 is 0. The molecule has 2 unspecified atom stereocenters. The number of likely N-dealkylation sites (tertiary alicyclic amines) is 1. The molecule has 3 nitrogen and oxygen atoms in total. The topological polar surface area (TPSA) is 40.5 Å². The van der Waals surface area contributed by atoms with E-state index in [4.69, 9.17) is 0 Å². The molecule has 1 aliphatic heterocycles. The second-order valence-electron chi connectivity index (χ2n) is 5.74. The van der Waals surface area contributed by atoms with E-state index < -0.39 is 5.97 Å². The maximum atomic E-state index is 11.6. The summed E-state index contributed by atoms with van der Waals surface area (Å²) in [6, 6.07) is 4.33. The van der Waals surface area contributed by atoms with Crippen LogP contribution in [0.15, 0.2) is 17.5 Å². The fourth-order valence-electron chi connectivity index (χ4n) is 3.27. The highest BCUT2D eigenvalue weighted by Gasteiger charge is 2.41. The third kappa shape index (κ3) is 2.84. The summed E-state index contributed by atoms with van der Waals surface area (Å²) >= 11 is 1.78. The van der Waals surface area contributed by atoms with Crippen LogP contribution >= 0.6 is 11.3 Å². The summed E-state index contributed by atoms with van der Waals surface area (Å²) in [4.78, 5) is 15.2. The highest BCUT2D eigenvalue weighted by Crippen LogP contribution is 2.47. The average molecular weight is 279 g/mol. The molecule has 1 aromatic rings. The number of rotatable bonds is 4. The molecular formula is C15H21NO2S. The Morgan fingerprint density at radius 2 is 2.16 bits per heavy atom. The van der Waals surface area contributed by atoms with Crippen molar-refractivity contribution in [3.63, 3.8) is 0 Å². The average Bonchev–Trinajstić information content (AvgIpc) is 3.12. The van der Waals surface area contributed by atoms with Gasteiger partial charge in [0.25, 0.3) is 0 Å². The predicted molar refractivity (Wildman–Crippen MR) is 76.4 cm³/mol. The Morgan fingerprint density at radius 1 is 1.32 bits per heavy atom. The fourth-order valence-corrected chi connectivity index (χ4v) is 4.21. The number of hydrogen-bond acceptors (Lipinski definition) is 3. The van der Waals surface area contributed by atoms with Crippen LogP contribution in [0.5, 0.6) is 0 Å². The van der Waals surface area contributed by atoms with Crippen LogP contribution in [-0.2, 0) is 4.79 Å². The highest BCUT2D eigenvalue weighted by molar-refractivity contribution is 7.10. The lowest BCUT2D eigenvalue weighted by Gasteiger charge is -2.34. The summed E-state index contributed by atoms with van der Waals surface area (Å²) in [5.41, 5.74) is 0. The maximum Gasteiger partial charge on any atom is 0.320 e. The number of aliphatic carboxylic acids is 1. The van der Waals surface area contributed by atoms with Crippen LogP contribution in [0.1, 0.15) is 49.4 Å². The number of nitrogens with zero attached hydrogens (tertiary/aromatic N) is 1. The van der Waals surface area contributed by atoms with Gasteiger partial charge in [0.15, 0.2) is 0 Å². The second kappa shape index (κ2) is 5.63. The minimum Gasteiger partial charge on any atom is -0.480 e. The molecule has 0 bridgehead atoms. The SMILES string of the molecule is O=C(O)C1CCCCCN1C(c1cccs1)C1CC1. The Labute approximate surface area is 118 Å². The number of thiophene rings is 1. The Morgan fingerprint density at radius 3 is 2.79 bits per heavy atom. The summed E-state index contributed by atoms with van der Waals surface area (Å²) in [5.74, 6) is 0.0442. The monoisotopic (exact) mass is 279 g/mol. The van der Waals surface area contributed by atoms with Crippen molar-refractivity contribution in [1.82, 2.24) is 4.90 Å². The minimum absolute atomic E-state index is 0.282. The van der Waals surface area contributed by atoms with Gasteiger partial charge in [0, 0.05) is 10.9 Å². The zero-order chi connectivity index (χ0) is 13.2. The predicted octanol–water partition coefficient (Wildman–Crippen LogP) is 3.53. The Balaban J connectivity index is 1.88. The van der Waals surface area contributed by atoms with Gasteiger partial charge in [0.05, 0.1) is 0 Å². The normalized spacial score (nSPS) is 26.8. The molecule has 0 aromatic carbocycles. The molecule has 104 valence electrons. The van der Waals surface area contributed by atoms with Crippen molar-refractivity contribution >= 4 is 17.3 Å². The minimum atomic E-state index is -0.635. The zero-order valence-corrected chi connectivity index (χ0v) is 11.9. The molecule has 2 atom stereocenters. The summed E-state index contributed by atoms with van der Waals surface area (Å²) in [5, 5.41) is 11.7. The van der Waals surface area contributed by atoms with Gasteiger partial charge in [-0.1, -0.05) is 18.9 Å². The van der Waals surface area contributed by atoms with Crippen molar-refractivity contribution in [2.24, 2.45) is 5.92 Å². The fraction of sp³-hybridized carbons (Fsp3) is 0.667. The van der Waals surface area contributed by atoms with Crippen LogP contribution in [0, 0.1) is 5.92 Å². The molecule has 2 fully saturated rings. The Hall–Kier alpha value is -0.870. The van der Waals surface area contributed by atoms with E-state index in [2.05, 4.69) is 22.4 Å². The molecule has 2 heterocycles. The van der Waals surface area contributed by atoms with Crippen molar-refractivity contribution in [3.05, 3.63) is 22.4 Å². The maximum absolute atomic E-state index is 11.6. The second-order valence-corrected chi connectivity index (χ2v) is 6.72. The van der Waals surface area contributed by atoms with E-state index in [-0.39, 0.29) is 6.04 Å². The molecule has 0 spiro atoms. The molecule has 1 aliphatic carbocycles. The quantitative estimate of drug-likeness (QED) is 0.916. The van der Waals surface area contributed by atoms with Gasteiger partial charge in [-0.3, -0.25) is 9.69 Å². The molecule has 4 heteroatoms. The summed E-state index contributed by atoms with van der Waals surface area (Å²) in [6.07, 6.45) is 6.68. The standard InChI is InChI=1S/C15H21NO2S/c17-15(18)12-5-2-1-3-9-16(12)14(11-7-8-11)13-6-4-10-19-13/h4,6,10-12,14H,1-3,5,7-9H2,(H,17,18). The molecule has 2 aliphatic rings. The third-order valence-electron chi connectivity index (χ3n) is 4.34. The van der Waals surface area contributed by atoms with Crippen LogP contribution in [0.4, 0.5) is 0 Å². The van der Waals surface area contributed by atoms with E-state index in [0.717, 1.165) is 25.8 Å². The highest BCUT2D eigenvalue weighted by atomic mass is 32.1. The first-order valence-corrected chi connectivity index (χ1v) is 8.17. The molecule has 3 rings (SSSR count). The Kier molecular flexibility index (Phi) is 3.89. The van der Waals surface area contributed by atoms with E-state index in [9.17, 15) is 9.90 Å². The van der Waals surface area contributed by atoms with Crippen LogP contribution in [0.2, 0.25) is 0 Å². The van der Waals surface area contributed by atoms with E-state index in [1.54, 1.807) is 11.3 Å². The third-order valence-corrected chi connectivity index (χ3v) is 5.28. The van der Waals surface area contributed by atoms with E-state index in [1.165, 1.54) is 24.1 Å². The van der Waals surface area contributed by atoms with E-state index >= 15 is 0 Å². The van der Waals surface area contributed by atoms with Crippen LogP contribution < -0.4 is 0 Å². The molecular weight excluding hydrogens is 258 g/mol. The van der Waals surface area contributed by atoms with Gasteiger partial charge in [-0.2, -0.15) is 0 Å². The van der Waals surface area contributed by atoms with Gasteiger partial charge in [-0.05, 0) is 49.6 Å². The van der Waals surface area contributed by atoms with Gasteiger partial charge >= 0.3 is 5.97 Å². The van der Waals surface area contributed by atoms with Gasteiger partial charge in [0.1, 0.15) is 6.04 Å². The largest absolute Gasteiger partial charge is 0.480 e. The smallest absolute Gasteiger partial charge is 0.320 e. The lowest BCUT2D eigenvalue weighted by atomic mass is 10.0. The first kappa shape index (κ1) is 13.1. The molecule has 1 N–H and O–H groups in total. The molecule has 0 amide bonds. The number of hydrogen-bond donors (Lipinski definition) is 1.